The van der Waals surface area contributed by atoms with E-state index < -0.39 is 12.1 Å². The zero-order valence-electron chi connectivity index (χ0n) is 19.4. The normalized spacial score (nSPS) is 12.1. The summed E-state index contributed by atoms with van der Waals surface area (Å²) in [6.07, 6.45) is 21.3. The molecule has 0 amide bonds. The van der Waals surface area contributed by atoms with Gasteiger partial charge in [0.15, 0.2) is 6.10 Å². The SMILES string of the molecule is CCCCCCCCCCCCC(OC(=O)CCCCCCCCCC)C(=O)O. The highest BCUT2D eigenvalue weighted by molar-refractivity contribution is 5.77. The maximum Gasteiger partial charge on any atom is 0.345 e. The molecule has 0 aliphatic rings. The number of hydrogen-bond donors (Lipinski definition) is 1. The van der Waals surface area contributed by atoms with Gasteiger partial charge >= 0.3 is 11.9 Å². The molecular weight excluding hydrogens is 364 g/mol. The van der Waals surface area contributed by atoms with Gasteiger partial charge in [0.1, 0.15) is 0 Å². The number of hydrogen-bond acceptors (Lipinski definition) is 3. The van der Waals surface area contributed by atoms with Crippen molar-refractivity contribution in [3.05, 3.63) is 0 Å². The van der Waals surface area contributed by atoms with Gasteiger partial charge in [0, 0.05) is 6.42 Å². The van der Waals surface area contributed by atoms with E-state index >= 15 is 0 Å². The summed E-state index contributed by atoms with van der Waals surface area (Å²) in [5, 5.41) is 9.30. The van der Waals surface area contributed by atoms with E-state index in [1.54, 1.807) is 0 Å². The summed E-state index contributed by atoms with van der Waals surface area (Å²) in [6.45, 7) is 4.45. The maximum absolute atomic E-state index is 11.9. The second kappa shape index (κ2) is 21.6. The predicted octanol–water partition coefficient (Wildman–Crippen LogP) is 7.82. The molecule has 0 fully saturated rings. The van der Waals surface area contributed by atoms with Crippen LogP contribution < -0.4 is 0 Å². The second-order valence-electron chi connectivity index (χ2n) is 8.51. The van der Waals surface area contributed by atoms with Gasteiger partial charge in [-0.25, -0.2) is 4.79 Å². The number of esters is 1. The number of carbonyl (C=O) groups is 2. The first kappa shape index (κ1) is 27.9. The average Bonchev–Trinajstić information content (AvgIpc) is 2.70. The molecule has 1 N–H and O–H groups in total. The monoisotopic (exact) mass is 412 g/mol. The molecule has 0 rings (SSSR count). The van der Waals surface area contributed by atoms with Crippen molar-refractivity contribution in [2.75, 3.05) is 0 Å². The van der Waals surface area contributed by atoms with Crippen LogP contribution in [0.3, 0.4) is 0 Å². The molecule has 0 aliphatic heterocycles. The first-order valence-corrected chi connectivity index (χ1v) is 12.5. The van der Waals surface area contributed by atoms with Gasteiger partial charge in [-0.3, -0.25) is 4.79 Å². The first-order valence-electron chi connectivity index (χ1n) is 12.5. The smallest absolute Gasteiger partial charge is 0.345 e. The van der Waals surface area contributed by atoms with Crippen LogP contribution in [-0.4, -0.2) is 23.1 Å². The number of aliphatic carboxylic acids is 1. The van der Waals surface area contributed by atoms with Gasteiger partial charge in [0.25, 0.3) is 0 Å². The number of carbonyl (C=O) groups excluding carboxylic acids is 1. The molecule has 4 heteroatoms. The van der Waals surface area contributed by atoms with Crippen molar-refractivity contribution < 1.29 is 19.4 Å². The minimum atomic E-state index is -1.01. The highest BCUT2D eigenvalue weighted by atomic mass is 16.6. The van der Waals surface area contributed by atoms with Crippen molar-refractivity contribution in [1.29, 1.82) is 0 Å². The van der Waals surface area contributed by atoms with Crippen molar-refractivity contribution in [1.82, 2.24) is 0 Å². The minimum absolute atomic E-state index is 0.344. The molecule has 4 nitrogen and oxygen atoms in total. The molecule has 1 unspecified atom stereocenters. The summed E-state index contributed by atoms with van der Waals surface area (Å²) in [5.41, 5.74) is 0. The summed E-state index contributed by atoms with van der Waals surface area (Å²) >= 11 is 0. The Kier molecular flexibility index (Phi) is 20.9. The fraction of sp³-hybridized carbons (Fsp3) is 0.920. The van der Waals surface area contributed by atoms with Crippen LogP contribution in [0.15, 0.2) is 0 Å². The van der Waals surface area contributed by atoms with Crippen LogP contribution in [0.2, 0.25) is 0 Å². The largest absolute Gasteiger partial charge is 0.479 e. The third-order valence-electron chi connectivity index (χ3n) is 5.60. The number of carboxylic acid groups (broad SMARTS) is 1. The Labute approximate surface area is 180 Å². The Balaban J connectivity index is 3.65. The standard InChI is InChI=1S/C25H48O4/c1-3-5-7-9-11-13-14-15-17-19-21-23(25(27)28)29-24(26)22-20-18-16-12-10-8-6-4-2/h23H,3-22H2,1-2H3,(H,27,28). The molecule has 0 aromatic carbocycles. The molecule has 0 saturated carbocycles. The van der Waals surface area contributed by atoms with Gasteiger partial charge in [0.2, 0.25) is 0 Å². The molecule has 0 spiro atoms. The number of ether oxygens (including phenoxy) is 1. The Hall–Kier alpha value is -1.06. The first-order chi connectivity index (χ1) is 14.1. The van der Waals surface area contributed by atoms with Gasteiger partial charge in [-0.1, -0.05) is 117 Å². The molecule has 0 aromatic rings. The van der Waals surface area contributed by atoms with Crippen molar-refractivity contribution in [3.63, 3.8) is 0 Å². The van der Waals surface area contributed by atoms with Crippen molar-refractivity contribution in [2.45, 2.75) is 148 Å². The quantitative estimate of drug-likeness (QED) is 0.145. The Morgan fingerprint density at radius 1 is 0.621 bits per heavy atom. The Morgan fingerprint density at radius 2 is 1.00 bits per heavy atom. The fourth-order valence-corrected chi connectivity index (χ4v) is 3.67. The summed E-state index contributed by atoms with van der Waals surface area (Å²) in [4.78, 5) is 23.3. The number of rotatable bonds is 22. The van der Waals surface area contributed by atoms with E-state index in [-0.39, 0.29) is 5.97 Å². The maximum atomic E-state index is 11.9. The topological polar surface area (TPSA) is 63.6 Å². The van der Waals surface area contributed by atoms with Crippen LogP contribution in [0.25, 0.3) is 0 Å². The van der Waals surface area contributed by atoms with Crippen molar-refractivity contribution >= 4 is 11.9 Å². The molecule has 0 bridgehead atoms. The van der Waals surface area contributed by atoms with Crippen LogP contribution in [0, 0.1) is 0 Å². The second-order valence-corrected chi connectivity index (χ2v) is 8.51. The lowest BCUT2D eigenvalue weighted by Crippen LogP contribution is -2.27. The molecule has 1 atom stereocenters. The minimum Gasteiger partial charge on any atom is -0.479 e. The third-order valence-corrected chi connectivity index (χ3v) is 5.60. The van der Waals surface area contributed by atoms with Crippen molar-refractivity contribution in [3.8, 4) is 0 Å². The summed E-state index contributed by atoms with van der Waals surface area (Å²) < 4.78 is 5.22. The van der Waals surface area contributed by atoms with E-state index in [0.29, 0.717) is 12.8 Å². The molecule has 172 valence electrons. The summed E-state index contributed by atoms with van der Waals surface area (Å²) in [5.74, 6) is -1.36. The lowest BCUT2D eigenvalue weighted by molar-refractivity contribution is -0.164. The van der Waals surface area contributed by atoms with E-state index in [9.17, 15) is 14.7 Å². The van der Waals surface area contributed by atoms with E-state index in [2.05, 4.69) is 13.8 Å². The van der Waals surface area contributed by atoms with Gasteiger partial charge in [-0.15, -0.1) is 0 Å². The molecule has 29 heavy (non-hydrogen) atoms. The number of unbranched alkanes of at least 4 members (excludes halogenated alkanes) is 16. The van der Waals surface area contributed by atoms with Crippen LogP contribution in [0.4, 0.5) is 0 Å². The van der Waals surface area contributed by atoms with Crippen molar-refractivity contribution in [2.24, 2.45) is 0 Å². The van der Waals surface area contributed by atoms with Gasteiger partial charge < -0.3 is 9.84 Å². The van der Waals surface area contributed by atoms with E-state index in [0.717, 1.165) is 38.5 Å². The van der Waals surface area contributed by atoms with Crippen LogP contribution in [0.5, 0.6) is 0 Å². The molecule has 0 aliphatic carbocycles. The molecule has 0 radical (unpaired) electrons. The fourth-order valence-electron chi connectivity index (χ4n) is 3.67. The average molecular weight is 413 g/mol. The zero-order chi connectivity index (χ0) is 21.6. The summed E-state index contributed by atoms with van der Waals surface area (Å²) in [6, 6.07) is 0. The lowest BCUT2D eigenvalue weighted by Gasteiger charge is -2.13. The van der Waals surface area contributed by atoms with Gasteiger partial charge in [-0.2, -0.15) is 0 Å². The molecular formula is C25H48O4. The van der Waals surface area contributed by atoms with Gasteiger partial charge in [-0.05, 0) is 19.3 Å². The highest BCUT2D eigenvalue weighted by Crippen LogP contribution is 2.14. The molecule has 0 aromatic heterocycles. The van der Waals surface area contributed by atoms with E-state index in [1.807, 2.05) is 0 Å². The van der Waals surface area contributed by atoms with Crippen LogP contribution in [0.1, 0.15) is 142 Å². The van der Waals surface area contributed by atoms with E-state index in [4.69, 9.17) is 4.74 Å². The van der Waals surface area contributed by atoms with Gasteiger partial charge in [0.05, 0.1) is 0 Å². The van der Waals surface area contributed by atoms with E-state index in [1.165, 1.54) is 77.0 Å². The summed E-state index contributed by atoms with van der Waals surface area (Å²) in [7, 11) is 0. The highest BCUT2D eigenvalue weighted by Gasteiger charge is 2.21. The van der Waals surface area contributed by atoms with Crippen LogP contribution >= 0.6 is 0 Å². The molecule has 0 saturated heterocycles. The zero-order valence-corrected chi connectivity index (χ0v) is 19.4. The lowest BCUT2D eigenvalue weighted by atomic mass is 10.0. The molecule has 0 heterocycles. The Bertz CT molecular complexity index is 381. The van der Waals surface area contributed by atoms with Crippen LogP contribution in [-0.2, 0) is 14.3 Å². The third kappa shape index (κ3) is 20.0. The Morgan fingerprint density at radius 3 is 1.41 bits per heavy atom. The predicted molar refractivity (Wildman–Crippen MR) is 121 cm³/mol. The number of carboxylic acids is 1.